The van der Waals surface area contributed by atoms with E-state index in [0.717, 1.165) is 23.6 Å². The number of nitrogens with one attached hydrogen (secondary N) is 1. The summed E-state index contributed by atoms with van der Waals surface area (Å²) in [5, 5.41) is 14.3. The van der Waals surface area contributed by atoms with E-state index in [-0.39, 0.29) is 6.04 Å². The van der Waals surface area contributed by atoms with Gasteiger partial charge in [-0.3, -0.25) is 0 Å². The molecule has 1 aliphatic carbocycles. The molecule has 0 bridgehead atoms. The van der Waals surface area contributed by atoms with Gasteiger partial charge in [-0.15, -0.1) is 0 Å². The SMILES string of the molecule is CC(NCC1CCCC1CO)c1cc(Cl)ccc1Cl. The Bertz CT molecular complexity index is 425. The van der Waals surface area contributed by atoms with Gasteiger partial charge in [-0.05, 0) is 61.9 Å². The van der Waals surface area contributed by atoms with Crippen LogP contribution in [0.2, 0.25) is 10.0 Å². The maximum atomic E-state index is 9.33. The summed E-state index contributed by atoms with van der Waals surface area (Å²) in [5.74, 6) is 1.03. The first-order valence-corrected chi connectivity index (χ1v) is 7.66. The molecule has 0 radical (unpaired) electrons. The van der Waals surface area contributed by atoms with Crippen LogP contribution in [0.1, 0.15) is 37.8 Å². The summed E-state index contributed by atoms with van der Waals surface area (Å²) in [6.45, 7) is 3.33. The summed E-state index contributed by atoms with van der Waals surface area (Å²) in [6.07, 6.45) is 3.58. The molecule has 1 aromatic rings. The molecule has 0 aromatic heterocycles. The van der Waals surface area contributed by atoms with E-state index in [0.29, 0.717) is 23.5 Å². The molecule has 2 nitrogen and oxygen atoms in total. The topological polar surface area (TPSA) is 32.3 Å². The second kappa shape index (κ2) is 6.94. The van der Waals surface area contributed by atoms with E-state index >= 15 is 0 Å². The van der Waals surface area contributed by atoms with E-state index in [1.165, 1.54) is 12.8 Å². The lowest BCUT2D eigenvalue weighted by Gasteiger charge is -2.22. The second-order valence-electron chi connectivity index (χ2n) is 5.43. The number of rotatable bonds is 5. The van der Waals surface area contributed by atoms with Gasteiger partial charge in [0.05, 0.1) is 0 Å². The quantitative estimate of drug-likeness (QED) is 0.860. The van der Waals surface area contributed by atoms with Gasteiger partial charge in [0.2, 0.25) is 0 Å². The monoisotopic (exact) mass is 301 g/mol. The van der Waals surface area contributed by atoms with Crippen molar-refractivity contribution in [2.45, 2.75) is 32.2 Å². The van der Waals surface area contributed by atoms with Crippen LogP contribution in [-0.2, 0) is 0 Å². The van der Waals surface area contributed by atoms with Crippen molar-refractivity contribution in [2.24, 2.45) is 11.8 Å². The highest BCUT2D eigenvalue weighted by Crippen LogP contribution is 2.32. The molecule has 3 unspecified atom stereocenters. The minimum Gasteiger partial charge on any atom is -0.396 e. The molecule has 1 saturated carbocycles. The van der Waals surface area contributed by atoms with E-state index in [4.69, 9.17) is 23.2 Å². The molecular weight excluding hydrogens is 281 g/mol. The summed E-state index contributed by atoms with van der Waals surface area (Å²) < 4.78 is 0. The average molecular weight is 302 g/mol. The fourth-order valence-electron chi connectivity index (χ4n) is 2.91. The first kappa shape index (κ1) is 15.1. The van der Waals surface area contributed by atoms with Crippen molar-refractivity contribution in [3.05, 3.63) is 33.8 Å². The first-order chi connectivity index (χ1) is 9.11. The number of aliphatic hydroxyl groups excluding tert-OH is 1. The van der Waals surface area contributed by atoms with Crippen molar-refractivity contribution in [2.75, 3.05) is 13.2 Å². The Morgan fingerprint density at radius 2 is 2.05 bits per heavy atom. The summed E-state index contributed by atoms with van der Waals surface area (Å²) in [4.78, 5) is 0. The molecule has 3 atom stereocenters. The molecule has 0 spiro atoms. The van der Waals surface area contributed by atoms with Crippen LogP contribution in [0.4, 0.5) is 0 Å². The van der Waals surface area contributed by atoms with Crippen LogP contribution in [0.25, 0.3) is 0 Å². The Morgan fingerprint density at radius 1 is 1.32 bits per heavy atom. The van der Waals surface area contributed by atoms with E-state index in [1.54, 1.807) is 6.07 Å². The molecule has 0 heterocycles. The predicted molar refractivity (Wildman–Crippen MR) is 80.8 cm³/mol. The van der Waals surface area contributed by atoms with Gasteiger partial charge >= 0.3 is 0 Å². The van der Waals surface area contributed by atoms with Crippen molar-refractivity contribution < 1.29 is 5.11 Å². The predicted octanol–water partition coefficient (Wildman–Crippen LogP) is 4.05. The van der Waals surface area contributed by atoms with Crippen molar-refractivity contribution >= 4 is 23.2 Å². The molecule has 2 N–H and O–H groups in total. The highest BCUT2D eigenvalue weighted by atomic mass is 35.5. The third-order valence-electron chi connectivity index (χ3n) is 4.16. The molecule has 19 heavy (non-hydrogen) atoms. The lowest BCUT2D eigenvalue weighted by molar-refractivity contribution is 0.190. The maximum absolute atomic E-state index is 9.33. The van der Waals surface area contributed by atoms with Gasteiger partial charge in [0.15, 0.2) is 0 Å². The Balaban J connectivity index is 1.93. The number of hydrogen-bond acceptors (Lipinski definition) is 2. The fourth-order valence-corrected chi connectivity index (χ4v) is 3.37. The minimum absolute atomic E-state index is 0.172. The van der Waals surface area contributed by atoms with E-state index in [2.05, 4.69) is 12.2 Å². The second-order valence-corrected chi connectivity index (χ2v) is 6.27. The molecule has 1 aromatic carbocycles. The summed E-state index contributed by atoms with van der Waals surface area (Å²) in [7, 11) is 0. The van der Waals surface area contributed by atoms with Gasteiger partial charge in [-0.25, -0.2) is 0 Å². The van der Waals surface area contributed by atoms with Gasteiger partial charge in [0.1, 0.15) is 0 Å². The maximum Gasteiger partial charge on any atom is 0.0462 e. The van der Waals surface area contributed by atoms with Crippen LogP contribution in [0.5, 0.6) is 0 Å². The Hall–Kier alpha value is -0.280. The Kier molecular flexibility index (Phi) is 5.52. The highest BCUT2D eigenvalue weighted by Gasteiger charge is 2.26. The van der Waals surface area contributed by atoms with Crippen molar-refractivity contribution in [3.8, 4) is 0 Å². The summed E-state index contributed by atoms with van der Waals surface area (Å²) in [5.41, 5.74) is 1.03. The first-order valence-electron chi connectivity index (χ1n) is 6.91. The molecule has 2 rings (SSSR count). The number of aliphatic hydroxyl groups is 1. The molecule has 106 valence electrons. The molecule has 0 aliphatic heterocycles. The Morgan fingerprint density at radius 3 is 2.79 bits per heavy atom. The largest absolute Gasteiger partial charge is 0.396 e. The molecule has 0 amide bonds. The van der Waals surface area contributed by atoms with Crippen molar-refractivity contribution in [1.29, 1.82) is 0 Å². The van der Waals surface area contributed by atoms with Gasteiger partial charge in [-0.1, -0.05) is 29.6 Å². The van der Waals surface area contributed by atoms with Crippen LogP contribution < -0.4 is 5.32 Å². The molecule has 1 aliphatic rings. The standard InChI is InChI=1S/C15H21Cl2NO/c1-10(14-7-13(16)5-6-15(14)17)18-8-11-3-2-4-12(11)9-19/h5-7,10-12,18-19H,2-4,8-9H2,1H3. The number of halogens is 2. The highest BCUT2D eigenvalue weighted by molar-refractivity contribution is 6.33. The summed E-state index contributed by atoms with van der Waals surface area (Å²) in [6, 6.07) is 5.73. The third-order valence-corrected chi connectivity index (χ3v) is 4.74. The smallest absolute Gasteiger partial charge is 0.0462 e. The van der Waals surface area contributed by atoms with Gasteiger partial charge < -0.3 is 10.4 Å². The van der Waals surface area contributed by atoms with Crippen LogP contribution in [0.15, 0.2) is 18.2 Å². The van der Waals surface area contributed by atoms with Crippen LogP contribution >= 0.6 is 23.2 Å². The zero-order valence-corrected chi connectivity index (χ0v) is 12.7. The van der Waals surface area contributed by atoms with Crippen LogP contribution in [0.3, 0.4) is 0 Å². The van der Waals surface area contributed by atoms with Gasteiger partial charge in [0.25, 0.3) is 0 Å². The van der Waals surface area contributed by atoms with Crippen molar-refractivity contribution in [3.63, 3.8) is 0 Å². The van der Waals surface area contributed by atoms with Gasteiger partial charge in [-0.2, -0.15) is 0 Å². The molecule has 4 heteroatoms. The average Bonchev–Trinajstić information content (AvgIpc) is 2.86. The number of benzene rings is 1. The summed E-state index contributed by atoms with van der Waals surface area (Å²) >= 11 is 12.2. The normalized spacial score (nSPS) is 24.6. The fraction of sp³-hybridized carbons (Fsp3) is 0.600. The van der Waals surface area contributed by atoms with Crippen molar-refractivity contribution in [1.82, 2.24) is 5.32 Å². The lowest BCUT2D eigenvalue weighted by atomic mass is 9.96. The van der Waals surface area contributed by atoms with E-state index in [1.807, 2.05) is 12.1 Å². The molecule has 1 fully saturated rings. The number of hydrogen-bond donors (Lipinski definition) is 2. The molecule has 0 saturated heterocycles. The van der Waals surface area contributed by atoms with E-state index < -0.39 is 0 Å². The minimum atomic E-state index is 0.172. The lowest BCUT2D eigenvalue weighted by Crippen LogP contribution is -2.29. The van der Waals surface area contributed by atoms with Crippen LogP contribution in [-0.4, -0.2) is 18.3 Å². The van der Waals surface area contributed by atoms with E-state index in [9.17, 15) is 5.11 Å². The van der Waals surface area contributed by atoms with Crippen LogP contribution in [0, 0.1) is 11.8 Å². The Labute approximate surface area is 125 Å². The zero-order chi connectivity index (χ0) is 13.8. The van der Waals surface area contributed by atoms with Gasteiger partial charge in [0, 0.05) is 22.7 Å². The molecular formula is C15H21Cl2NO. The zero-order valence-electron chi connectivity index (χ0n) is 11.2. The third kappa shape index (κ3) is 3.85.